The smallest absolute Gasteiger partial charge is 0.127 e. The minimum atomic E-state index is 0.364. The normalized spacial score (nSPS) is 22.4. The number of ether oxygens (including phenoxy) is 4. The van der Waals surface area contributed by atoms with Gasteiger partial charge < -0.3 is 18.9 Å². The van der Waals surface area contributed by atoms with Crippen LogP contribution in [0.25, 0.3) is 11.1 Å². The van der Waals surface area contributed by atoms with Crippen molar-refractivity contribution >= 4 is 0 Å². The molecule has 2 aromatic carbocycles. The lowest BCUT2D eigenvalue weighted by Crippen LogP contribution is -2.17. The Kier molecular flexibility index (Phi) is 6.18. The summed E-state index contributed by atoms with van der Waals surface area (Å²) in [5.74, 6) is 2.69. The maximum atomic E-state index is 6.24. The molecule has 0 radical (unpaired) electrons. The Hall–Kier alpha value is -2.04. The van der Waals surface area contributed by atoms with E-state index >= 15 is 0 Å². The molecule has 2 fully saturated rings. The molecule has 0 amide bonds. The van der Waals surface area contributed by atoms with Crippen molar-refractivity contribution in [2.24, 2.45) is 11.8 Å². The first-order valence-electron chi connectivity index (χ1n) is 10.5. The molecule has 0 aromatic heterocycles. The van der Waals surface area contributed by atoms with Crippen LogP contribution in [0.2, 0.25) is 0 Å². The van der Waals surface area contributed by atoms with Crippen LogP contribution in [0.3, 0.4) is 0 Å². The zero-order valence-electron chi connectivity index (χ0n) is 16.8. The summed E-state index contributed by atoms with van der Waals surface area (Å²) >= 11 is 0. The first kappa shape index (κ1) is 19.3. The van der Waals surface area contributed by atoms with Crippen molar-refractivity contribution in [3.8, 4) is 22.6 Å². The SMILES string of the molecule is CCC(COc1ccccc1-c1ccccc1OCC(CC)C1CO1)C1CO1. The average Bonchev–Trinajstić information content (AvgIpc) is 3.63. The number of hydrogen-bond donors (Lipinski definition) is 0. The number of rotatable bonds is 11. The maximum absolute atomic E-state index is 6.24. The molecule has 0 N–H and O–H groups in total. The quantitative estimate of drug-likeness (QED) is 0.515. The third-order valence-corrected chi connectivity index (χ3v) is 5.79. The van der Waals surface area contributed by atoms with Crippen LogP contribution in [-0.2, 0) is 9.47 Å². The van der Waals surface area contributed by atoms with E-state index in [0.29, 0.717) is 37.3 Å². The fraction of sp³-hybridized carbons (Fsp3) is 0.500. The van der Waals surface area contributed by atoms with E-state index in [2.05, 4.69) is 26.0 Å². The van der Waals surface area contributed by atoms with Gasteiger partial charge in [-0.25, -0.2) is 0 Å². The number of benzene rings is 2. The van der Waals surface area contributed by atoms with E-state index in [9.17, 15) is 0 Å². The van der Waals surface area contributed by atoms with Gasteiger partial charge in [-0.1, -0.05) is 50.2 Å². The molecular formula is C24H30O4. The predicted molar refractivity (Wildman–Crippen MR) is 110 cm³/mol. The molecule has 4 rings (SSSR count). The van der Waals surface area contributed by atoms with E-state index in [1.807, 2.05) is 36.4 Å². The molecule has 0 saturated carbocycles. The van der Waals surface area contributed by atoms with Gasteiger partial charge in [-0.2, -0.15) is 0 Å². The van der Waals surface area contributed by atoms with Crippen molar-refractivity contribution in [3.63, 3.8) is 0 Å². The second-order valence-electron chi connectivity index (χ2n) is 7.69. The lowest BCUT2D eigenvalue weighted by atomic mass is 10.0. The third kappa shape index (κ3) is 4.68. The Labute approximate surface area is 167 Å². The van der Waals surface area contributed by atoms with Gasteiger partial charge in [-0.15, -0.1) is 0 Å². The van der Waals surface area contributed by atoms with Crippen LogP contribution in [0.15, 0.2) is 48.5 Å². The Bertz CT molecular complexity index is 701. The molecule has 2 heterocycles. The van der Waals surface area contributed by atoms with E-state index in [1.54, 1.807) is 0 Å². The van der Waals surface area contributed by atoms with Gasteiger partial charge in [0.25, 0.3) is 0 Å². The highest BCUT2D eigenvalue weighted by Gasteiger charge is 2.33. The Morgan fingerprint density at radius 1 is 0.750 bits per heavy atom. The van der Waals surface area contributed by atoms with Gasteiger partial charge >= 0.3 is 0 Å². The van der Waals surface area contributed by atoms with Gasteiger partial charge in [0.05, 0.1) is 38.6 Å². The van der Waals surface area contributed by atoms with Crippen LogP contribution < -0.4 is 9.47 Å². The van der Waals surface area contributed by atoms with Gasteiger partial charge in [-0.3, -0.25) is 0 Å². The van der Waals surface area contributed by atoms with E-state index in [-0.39, 0.29) is 0 Å². The summed E-state index contributed by atoms with van der Waals surface area (Å²) in [6.07, 6.45) is 2.86. The van der Waals surface area contributed by atoms with Crippen molar-refractivity contribution in [2.45, 2.75) is 38.9 Å². The largest absolute Gasteiger partial charge is 0.493 e. The van der Waals surface area contributed by atoms with Crippen LogP contribution in [0, 0.1) is 11.8 Å². The summed E-state index contributed by atoms with van der Waals surface area (Å²) in [5.41, 5.74) is 2.14. The Balaban J connectivity index is 1.50. The van der Waals surface area contributed by atoms with E-state index in [0.717, 1.165) is 48.7 Å². The Morgan fingerprint density at radius 3 is 1.50 bits per heavy atom. The zero-order valence-corrected chi connectivity index (χ0v) is 16.8. The minimum absolute atomic E-state index is 0.364. The fourth-order valence-corrected chi connectivity index (χ4v) is 3.66. The molecule has 2 aliphatic rings. The molecule has 2 saturated heterocycles. The number of para-hydroxylation sites is 2. The monoisotopic (exact) mass is 382 g/mol. The van der Waals surface area contributed by atoms with E-state index in [4.69, 9.17) is 18.9 Å². The van der Waals surface area contributed by atoms with Crippen molar-refractivity contribution in [1.82, 2.24) is 0 Å². The van der Waals surface area contributed by atoms with Crippen LogP contribution in [-0.4, -0.2) is 38.6 Å². The molecule has 2 aromatic rings. The summed E-state index contributed by atoms with van der Waals surface area (Å²) in [7, 11) is 0. The standard InChI is InChI=1S/C24H30O4/c1-3-17(23-15-27-23)13-25-21-11-7-5-9-19(21)20-10-6-8-12-22(20)26-14-18(4-2)24-16-28-24/h5-12,17-18,23-24H,3-4,13-16H2,1-2H3. The molecule has 0 bridgehead atoms. The van der Waals surface area contributed by atoms with Crippen molar-refractivity contribution in [2.75, 3.05) is 26.4 Å². The van der Waals surface area contributed by atoms with E-state index in [1.165, 1.54) is 0 Å². The highest BCUT2D eigenvalue weighted by atomic mass is 16.6. The number of epoxide rings is 2. The fourth-order valence-electron chi connectivity index (χ4n) is 3.66. The second-order valence-corrected chi connectivity index (χ2v) is 7.69. The molecule has 4 heteroatoms. The van der Waals surface area contributed by atoms with Crippen LogP contribution in [0.4, 0.5) is 0 Å². The van der Waals surface area contributed by atoms with Gasteiger partial charge in [0.1, 0.15) is 11.5 Å². The van der Waals surface area contributed by atoms with Crippen molar-refractivity contribution < 1.29 is 18.9 Å². The molecule has 0 aliphatic carbocycles. The average molecular weight is 383 g/mol. The van der Waals surface area contributed by atoms with Gasteiger partial charge in [0.15, 0.2) is 0 Å². The highest BCUT2D eigenvalue weighted by molar-refractivity contribution is 5.75. The van der Waals surface area contributed by atoms with E-state index < -0.39 is 0 Å². The summed E-state index contributed by atoms with van der Waals surface area (Å²) in [6, 6.07) is 16.4. The van der Waals surface area contributed by atoms with Crippen molar-refractivity contribution in [1.29, 1.82) is 0 Å². The summed E-state index contributed by atoms with van der Waals surface area (Å²) in [4.78, 5) is 0. The topological polar surface area (TPSA) is 43.5 Å². The lowest BCUT2D eigenvalue weighted by molar-refractivity contribution is 0.205. The Morgan fingerprint density at radius 2 is 1.14 bits per heavy atom. The first-order valence-corrected chi connectivity index (χ1v) is 10.5. The van der Waals surface area contributed by atoms with Gasteiger partial charge in [0, 0.05) is 23.0 Å². The maximum Gasteiger partial charge on any atom is 0.127 e. The summed E-state index contributed by atoms with van der Waals surface area (Å²) in [6.45, 7) is 7.47. The summed E-state index contributed by atoms with van der Waals surface area (Å²) in [5, 5.41) is 0. The molecule has 4 atom stereocenters. The molecule has 4 unspecified atom stereocenters. The second kappa shape index (κ2) is 8.97. The van der Waals surface area contributed by atoms with Crippen LogP contribution in [0.5, 0.6) is 11.5 Å². The van der Waals surface area contributed by atoms with Gasteiger partial charge in [-0.05, 0) is 25.0 Å². The molecule has 28 heavy (non-hydrogen) atoms. The predicted octanol–water partition coefficient (Wildman–Crippen LogP) is 4.96. The van der Waals surface area contributed by atoms with Crippen molar-refractivity contribution in [3.05, 3.63) is 48.5 Å². The molecule has 150 valence electrons. The van der Waals surface area contributed by atoms with Crippen LogP contribution in [0.1, 0.15) is 26.7 Å². The molecule has 0 spiro atoms. The lowest BCUT2D eigenvalue weighted by Gasteiger charge is -2.19. The third-order valence-electron chi connectivity index (χ3n) is 5.79. The van der Waals surface area contributed by atoms with Gasteiger partial charge in [0.2, 0.25) is 0 Å². The molecule has 4 nitrogen and oxygen atoms in total. The molecular weight excluding hydrogens is 352 g/mol. The van der Waals surface area contributed by atoms with Crippen LogP contribution >= 0.6 is 0 Å². The zero-order chi connectivity index (χ0) is 19.3. The molecule has 2 aliphatic heterocycles. The minimum Gasteiger partial charge on any atom is -0.493 e. The highest BCUT2D eigenvalue weighted by Crippen LogP contribution is 2.37. The first-order chi connectivity index (χ1) is 13.8. The summed E-state index contributed by atoms with van der Waals surface area (Å²) < 4.78 is 23.4. The number of hydrogen-bond acceptors (Lipinski definition) is 4.